The molecule has 1 atom stereocenters. The topological polar surface area (TPSA) is 99.3 Å². The molecule has 0 aliphatic rings. The van der Waals surface area contributed by atoms with Crippen molar-refractivity contribution in [1.29, 1.82) is 0 Å². The number of nitrogens with zero attached hydrogens (tertiary/aromatic N) is 3. The molecule has 0 aliphatic heterocycles. The van der Waals surface area contributed by atoms with Gasteiger partial charge in [0.25, 0.3) is 0 Å². The van der Waals surface area contributed by atoms with Crippen molar-refractivity contribution in [1.82, 2.24) is 15.1 Å². The lowest BCUT2D eigenvalue weighted by molar-refractivity contribution is -0.386. The fraction of sp³-hybridized carbons (Fsp3) is 0.500. The van der Waals surface area contributed by atoms with Gasteiger partial charge in [0.2, 0.25) is 5.91 Å². The van der Waals surface area contributed by atoms with Crippen molar-refractivity contribution in [2.45, 2.75) is 53.6 Å². The van der Waals surface area contributed by atoms with E-state index >= 15 is 0 Å². The van der Waals surface area contributed by atoms with Crippen LogP contribution in [0, 0.1) is 35.2 Å². The second-order valence-electron chi connectivity index (χ2n) is 7.98. The van der Waals surface area contributed by atoms with Crippen molar-refractivity contribution in [3.8, 4) is 5.75 Å². The molecule has 1 unspecified atom stereocenters. The molecule has 1 aromatic carbocycles. The number of benzene rings is 1. The van der Waals surface area contributed by atoms with Gasteiger partial charge in [0.15, 0.2) is 11.6 Å². The van der Waals surface area contributed by atoms with Crippen LogP contribution in [0.3, 0.4) is 0 Å². The number of nitrogens with one attached hydrogen (secondary N) is 1. The van der Waals surface area contributed by atoms with Crippen molar-refractivity contribution >= 4 is 11.6 Å². The number of hydrogen-bond acceptors (Lipinski definition) is 5. The summed E-state index contributed by atoms with van der Waals surface area (Å²) in [6.45, 7) is 9.36. The van der Waals surface area contributed by atoms with Gasteiger partial charge in [-0.15, -0.1) is 0 Å². The van der Waals surface area contributed by atoms with Gasteiger partial charge in [-0.2, -0.15) is 5.10 Å². The van der Waals surface area contributed by atoms with Gasteiger partial charge in [0, 0.05) is 6.42 Å². The third kappa shape index (κ3) is 5.75. The molecule has 1 N–H and O–H groups in total. The van der Waals surface area contributed by atoms with Crippen LogP contribution in [-0.4, -0.2) is 33.3 Å². The molecule has 1 amide bonds. The molecular weight excluding hydrogens is 379 g/mol. The number of amides is 1. The summed E-state index contributed by atoms with van der Waals surface area (Å²) in [6, 6.07) is 5.75. The van der Waals surface area contributed by atoms with E-state index in [1.807, 2.05) is 20.8 Å². The third-order valence-electron chi connectivity index (χ3n) is 4.70. The highest BCUT2D eigenvalue weighted by molar-refractivity contribution is 5.76. The summed E-state index contributed by atoms with van der Waals surface area (Å²) in [6.07, 6.45) is 0.103. The molecule has 2 rings (SSSR count). The molecule has 0 saturated carbocycles. The Labute approximate surface area is 169 Å². The van der Waals surface area contributed by atoms with Gasteiger partial charge < -0.3 is 10.1 Å². The Balaban J connectivity index is 1.99. The SMILES string of the molecule is Cc1nn(CCC(=O)NC(COc2ccccc2F)C(C)(C)C)c(C)c1[N+](=O)[O-]. The van der Waals surface area contributed by atoms with Gasteiger partial charge >= 0.3 is 5.69 Å². The Morgan fingerprint density at radius 1 is 1.34 bits per heavy atom. The highest BCUT2D eigenvalue weighted by atomic mass is 19.1. The summed E-state index contributed by atoms with van der Waals surface area (Å²) in [7, 11) is 0. The van der Waals surface area contributed by atoms with Gasteiger partial charge in [-0.05, 0) is 31.4 Å². The minimum Gasteiger partial charge on any atom is -0.488 e. The zero-order valence-electron chi connectivity index (χ0n) is 17.4. The number of aromatic nitrogens is 2. The molecule has 0 fully saturated rings. The number of para-hydroxylation sites is 1. The largest absolute Gasteiger partial charge is 0.488 e. The smallest absolute Gasteiger partial charge is 0.312 e. The molecule has 1 heterocycles. The minimum absolute atomic E-state index is 0.0312. The van der Waals surface area contributed by atoms with Crippen LogP contribution < -0.4 is 10.1 Å². The standard InChI is InChI=1S/C20H27FN4O4/c1-13-19(25(27)28)14(2)24(23-13)11-10-18(26)22-17(20(3,4)5)12-29-16-9-7-6-8-15(16)21/h6-9,17H,10-12H2,1-5H3,(H,22,26). The van der Waals surface area contributed by atoms with E-state index in [-0.39, 0.29) is 48.4 Å². The molecule has 0 bridgehead atoms. The average Bonchev–Trinajstić information content (AvgIpc) is 2.90. The Hall–Kier alpha value is -2.97. The van der Waals surface area contributed by atoms with Crippen molar-refractivity contribution in [3.63, 3.8) is 0 Å². The molecule has 0 saturated heterocycles. The lowest BCUT2D eigenvalue weighted by Gasteiger charge is -2.31. The molecule has 8 nitrogen and oxygen atoms in total. The summed E-state index contributed by atoms with van der Waals surface area (Å²) in [5, 5.41) is 18.2. The van der Waals surface area contributed by atoms with Crippen LogP contribution in [0.5, 0.6) is 5.75 Å². The van der Waals surface area contributed by atoms with Crippen LogP contribution in [0.1, 0.15) is 38.6 Å². The second kappa shape index (κ2) is 9.02. The van der Waals surface area contributed by atoms with Crippen LogP contribution in [0.4, 0.5) is 10.1 Å². The maximum Gasteiger partial charge on any atom is 0.312 e. The van der Waals surface area contributed by atoms with Crippen molar-refractivity contribution in [2.24, 2.45) is 5.41 Å². The lowest BCUT2D eigenvalue weighted by atomic mass is 9.87. The molecular formula is C20H27FN4O4. The van der Waals surface area contributed by atoms with Crippen LogP contribution in [0.25, 0.3) is 0 Å². The van der Waals surface area contributed by atoms with Crippen molar-refractivity contribution in [2.75, 3.05) is 6.61 Å². The van der Waals surface area contributed by atoms with Crippen molar-refractivity contribution in [3.05, 3.63) is 51.6 Å². The van der Waals surface area contributed by atoms with Crippen LogP contribution in [-0.2, 0) is 11.3 Å². The van der Waals surface area contributed by atoms with E-state index in [9.17, 15) is 19.3 Å². The molecule has 0 spiro atoms. The highest BCUT2D eigenvalue weighted by Gasteiger charge is 2.28. The number of carbonyl (C=O) groups is 1. The quantitative estimate of drug-likeness (QED) is 0.534. The number of aryl methyl sites for hydroxylation is 2. The normalized spacial score (nSPS) is 12.5. The maximum absolute atomic E-state index is 13.8. The first-order valence-electron chi connectivity index (χ1n) is 9.35. The first-order chi connectivity index (χ1) is 13.5. The van der Waals surface area contributed by atoms with Crippen molar-refractivity contribution < 1.29 is 18.8 Å². The van der Waals surface area contributed by atoms with E-state index in [2.05, 4.69) is 10.4 Å². The highest BCUT2D eigenvalue weighted by Crippen LogP contribution is 2.23. The summed E-state index contributed by atoms with van der Waals surface area (Å²) in [4.78, 5) is 23.1. The zero-order valence-corrected chi connectivity index (χ0v) is 17.4. The molecule has 1 aromatic heterocycles. The molecule has 2 aromatic rings. The number of rotatable bonds is 8. The third-order valence-corrected chi connectivity index (χ3v) is 4.70. The summed E-state index contributed by atoms with van der Waals surface area (Å²) >= 11 is 0. The van der Waals surface area contributed by atoms with Gasteiger partial charge in [-0.25, -0.2) is 4.39 Å². The van der Waals surface area contributed by atoms with E-state index in [0.717, 1.165) is 0 Å². The first kappa shape index (κ1) is 22.3. The average molecular weight is 406 g/mol. The van der Waals surface area contributed by atoms with Crippen LogP contribution in [0.2, 0.25) is 0 Å². The van der Waals surface area contributed by atoms with Crippen LogP contribution in [0.15, 0.2) is 24.3 Å². The van der Waals surface area contributed by atoms with E-state index in [1.165, 1.54) is 16.8 Å². The predicted molar refractivity (Wildman–Crippen MR) is 106 cm³/mol. The number of carbonyl (C=O) groups excluding carboxylic acids is 1. The fourth-order valence-electron chi connectivity index (χ4n) is 2.89. The first-order valence-corrected chi connectivity index (χ1v) is 9.35. The molecule has 0 aliphatic carbocycles. The number of ether oxygens (including phenoxy) is 1. The number of hydrogen-bond donors (Lipinski definition) is 1. The molecule has 158 valence electrons. The Morgan fingerprint density at radius 2 is 2.00 bits per heavy atom. The monoisotopic (exact) mass is 406 g/mol. The molecule has 29 heavy (non-hydrogen) atoms. The van der Waals surface area contributed by atoms with Crippen LogP contribution >= 0.6 is 0 Å². The summed E-state index contributed by atoms with van der Waals surface area (Å²) in [5.74, 6) is -0.569. The van der Waals surface area contributed by atoms with Gasteiger partial charge in [0.05, 0.1) is 17.5 Å². The lowest BCUT2D eigenvalue weighted by Crippen LogP contribution is -2.47. The van der Waals surface area contributed by atoms with Gasteiger partial charge in [-0.3, -0.25) is 19.6 Å². The maximum atomic E-state index is 13.8. The summed E-state index contributed by atoms with van der Waals surface area (Å²) < 4.78 is 20.8. The second-order valence-corrected chi connectivity index (χ2v) is 7.98. The molecule has 9 heteroatoms. The van der Waals surface area contributed by atoms with E-state index in [0.29, 0.717) is 11.4 Å². The minimum atomic E-state index is -0.468. The molecule has 0 radical (unpaired) electrons. The fourth-order valence-corrected chi connectivity index (χ4v) is 2.89. The number of halogens is 1. The summed E-state index contributed by atoms with van der Waals surface area (Å²) in [5.41, 5.74) is 0.378. The van der Waals surface area contributed by atoms with E-state index < -0.39 is 10.7 Å². The Morgan fingerprint density at radius 3 is 2.55 bits per heavy atom. The van der Waals surface area contributed by atoms with Gasteiger partial charge in [-0.1, -0.05) is 32.9 Å². The Bertz CT molecular complexity index is 889. The number of nitro groups is 1. The predicted octanol–water partition coefficient (Wildman–Crippen LogP) is 3.55. The Kier molecular flexibility index (Phi) is 6.94. The van der Waals surface area contributed by atoms with E-state index in [4.69, 9.17) is 4.74 Å². The van der Waals surface area contributed by atoms with E-state index in [1.54, 1.807) is 26.0 Å². The zero-order chi connectivity index (χ0) is 21.8. The van der Waals surface area contributed by atoms with Gasteiger partial charge in [0.1, 0.15) is 18.0 Å².